The van der Waals surface area contributed by atoms with E-state index in [1.165, 1.54) is 38.2 Å². The molecule has 4 aliphatic carbocycles. The lowest BCUT2D eigenvalue weighted by Crippen LogP contribution is -2.54. The van der Waals surface area contributed by atoms with Crippen LogP contribution in [0.2, 0.25) is 0 Å². The molecule has 0 spiro atoms. The molecule has 4 heteroatoms. The monoisotopic (exact) mass is 386 g/mol. The van der Waals surface area contributed by atoms with Gasteiger partial charge in [0.25, 0.3) is 0 Å². The summed E-state index contributed by atoms with van der Waals surface area (Å²) in [6.07, 6.45) is 9.18. The van der Waals surface area contributed by atoms with Gasteiger partial charge in [-0.05, 0) is 84.2 Å². The average Bonchev–Trinajstić information content (AvgIpc) is 3.35. The maximum absolute atomic E-state index is 12.1. The fraction of sp³-hybridized carbons (Fsp3) is 0.833. The number of hydrogen-bond acceptors (Lipinski definition) is 4. The first-order chi connectivity index (χ1) is 13.3. The maximum Gasteiger partial charge on any atom is 0.302 e. The van der Waals surface area contributed by atoms with Gasteiger partial charge in [-0.3, -0.25) is 9.59 Å². The number of hydrogen-bond donors (Lipinski definition) is 0. The Labute approximate surface area is 168 Å². The predicted octanol–water partition coefficient (Wildman–Crippen LogP) is 4.32. The zero-order valence-corrected chi connectivity index (χ0v) is 17.7. The fourth-order valence-electron chi connectivity index (χ4n) is 8.15. The SMILES string of the molecule is CC(=O)OC[C@@H](C)[C@H]1CCC2C3C(CC[C@@]21C)[C@@]1(C)CCC(=O)C=C1C1O[C@@H]13. The molecule has 0 amide bonds. The summed E-state index contributed by atoms with van der Waals surface area (Å²) in [5.41, 5.74) is 1.79. The number of rotatable bonds is 3. The number of carbonyl (C=O) groups excluding carboxylic acids is 2. The van der Waals surface area contributed by atoms with Crippen molar-refractivity contribution in [1.82, 2.24) is 0 Å². The number of esters is 1. The van der Waals surface area contributed by atoms with Crippen molar-refractivity contribution >= 4 is 11.8 Å². The van der Waals surface area contributed by atoms with Crippen LogP contribution in [0.3, 0.4) is 0 Å². The Morgan fingerprint density at radius 2 is 2.04 bits per heavy atom. The van der Waals surface area contributed by atoms with E-state index in [2.05, 4.69) is 20.8 Å². The summed E-state index contributed by atoms with van der Waals surface area (Å²) in [4.78, 5) is 23.4. The normalized spacial score (nSPS) is 49.9. The van der Waals surface area contributed by atoms with Gasteiger partial charge in [0.2, 0.25) is 0 Å². The number of ether oxygens (including phenoxy) is 2. The molecule has 4 unspecified atom stereocenters. The molecule has 1 aliphatic heterocycles. The van der Waals surface area contributed by atoms with Gasteiger partial charge in [0.15, 0.2) is 5.78 Å². The second-order valence-corrected chi connectivity index (χ2v) is 10.8. The lowest BCUT2D eigenvalue weighted by atomic mass is 9.46. The molecule has 0 bridgehead atoms. The van der Waals surface area contributed by atoms with Crippen LogP contribution in [-0.2, 0) is 19.1 Å². The van der Waals surface area contributed by atoms with Crippen LogP contribution in [0.25, 0.3) is 0 Å². The van der Waals surface area contributed by atoms with Crippen molar-refractivity contribution < 1.29 is 19.1 Å². The topological polar surface area (TPSA) is 55.9 Å². The molecular weight excluding hydrogens is 352 g/mol. The molecule has 5 aliphatic rings. The summed E-state index contributed by atoms with van der Waals surface area (Å²) in [5.74, 6) is 3.13. The molecule has 0 aromatic heterocycles. The number of ketones is 1. The largest absolute Gasteiger partial charge is 0.466 e. The zero-order valence-electron chi connectivity index (χ0n) is 17.7. The Morgan fingerprint density at radius 1 is 1.25 bits per heavy atom. The number of fused-ring (bicyclic) bond motifs is 8. The Hall–Kier alpha value is -1.16. The van der Waals surface area contributed by atoms with Gasteiger partial charge >= 0.3 is 5.97 Å². The van der Waals surface area contributed by atoms with Crippen molar-refractivity contribution in [2.24, 2.45) is 40.4 Å². The molecule has 9 atom stereocenters. The molecule has 0 aromatic rings. The van der Waals surface area contributed by atoms with Crippen molar-refractivity contribution in [3.05, 3.63) is 11.6 Å². The zero-order chi connectivity index (χ0) is 19.8. The molecule has 1 heterocycles. The highest BCUT2D eigenvalue weighted by Gasteiger charge is 2.69. The summed E-state index contributed by atoms with van der Waals surface area (Å²) < 4.78 is 11.6. The van der Waals surface area contributed by atoms with Gasteiger partial charge in [-0.1, -0.05) is 20.8 Å². The Morgan fingerprint density at radius 3 is 2.79 bits per heavy atom. The van der Waals surface area contributed by atoms with Crippen LogP contribution in [-0.4, -0.2) is 30.6 Å². The van der Waals surface area contributed by atoms with Gasteiger partial charge in [0.1, 0.15) is 6.10 Å². The molecule has 0 aromatic carbocycles. The van der Waals surface area contributed by atoms with E-state index in [9.17, 15) is 9.59 Å². The minimum atomic E-state index is -0.171. The van der Waals surface area contributed by atoms with Crippen LogP contribution in [0, 0.1) is 40.4 Å². The molecule has 3 saturated carbocycles. The van der Waals surface area contributed by atoms with E-state index < -0.39 is 0 Å². The highest BCUT2D eigenvalue weighted by molar-refractivity contribution is 5.92. The Bertz CT molecular complexity index is 741. The molecule has 0 radical (unpaired) electrons. The lowest BCUT2D eigenvalue weighted by molar-refractivity contribution is -0.143. The second kappa shape index (κ2) is 6.17. The van der Waals surface area contributed by atoms with E-state index in [-0.39, 0.29) is 17.5 Å². The highest BCUT2D eigenvalue weighted by Crippen LogP contribution is 2.70. The van der Waals surface area contributed by atoms with E-state index in [4.69, 9.17) is 9.47 Å². The summed E-state index contributed by atoms with van der Waals surface area (Å²) >= 11 is 0. The van der Waals surface area contributed by atoms with Crippen LogP contribution < -0.4 is 0 Å². The van der Waals surface area contributed by atoms with Gasteiger partial charge in [0.05, 0.1) is 12.7 Å². The molecular formula is C24H34O4. The van der Waals surface area contributed by atoms with Crippen LogP contribution in [0.1, 0.15) is 66.2 Å². The summed E-state index contributed by atoms with van der Waals surface area (Å²) in [5, 5.41) is 0. The van der Waals surface area contributed by atoms with Crippen LogP contribution >= 0.6 is 0 Å². The minimum absolute atomic E-state index is 0.152. The first-order valence-corrected chi connectivity index (χ1v) is 11.3. The predicted molar refractivity (Wildman–Crippen MR) is 105 cm³/mol. The number of carbonyl (C=O) groups is 2. The van der Waals surface area contributed by atoms with Gasteiger partial charge in [0, 0.05) is 13.3 Å². The quantitative estimate of drug-likeness (QED) is 0.535. The lowest BCUT2D eigenvalue weighted by Gasteiger charge is -2.57. The Kier molecular flexibility index (Phi) is 4.15. The number of epoxide rings is 1. The van der Waals surface area contributed by atoms with E-state index in [1.807, 2.05) is 6.08 Å². The fourth-order valence-corrected chi connectivity index (χ4v) is 8.15. The third-order valence-electron chi connectivity index (χ3n) is 9.54. The molecule has 1 saturated heterocycles. The van der Waals surface area contributed by atoms with Gasteiger partial charge in [-0.2, -0.15) is 0 Å². The second-order valence-electron chi connectivity index (χ2n) is 10.8. The van der Waals surface area contributed by atoms with Gasteiger partial charge < -0.3 is 9.47 Å². The smallest absolute Gasteiger partial charge is 0.302 e. The van der Waals surface area contributed by atoms with Crippen molar-refractivity contribution in [1.29, 1.82) is 0 Å². The molecule has 154 valence electrons. The van der Waals surface area contributed by atoms with Crippen molar-refractivity contribution in [2.75, 3.05) is 6.61 Å². The van der Waals surface area contributed by atoms with E-state index in [0.717, 1.165) is 6.42 Å². The van der Waals surface area contributed by atoms with Crippen LogP contribution in [0.5, 0.6) is 0 Å². The first kappa shape index (κ1) is 18.8. The van der Waals surface area contributed by atoms with Crippen LogP contribution in [0.15, 0.2) is 11.6 Å². The maximum atomic E-state index is 12.1. The summed E-state index contributed by atoms with van der Waals surface area (Å²) in [6, 6.07) is 0. The molecule has 0 N–H and O–H groups in total. The highest BCUT2D eigenvalue weighted by atomic mass is 16.6. The average molecular weight is 387 g/mol. The van der Waals surface area contributed by atoms with Crippen molar-refractivity contribution in [2.45, 2.75) is 78.4 Å². The Balaban J connectivity index is 1.42. The van der Waals surface area contributed by atoms with E-state index in [1.54, 1.807) is 0 Å². The molecule has 5 rings (SSSR count). The molecule has 28 heavy (non-hydrogen) atoms. The van der Waals surface area contributed by atoms with Crippen molar-refractivity contribution in [3.8, 4) is 0 Å². The summed E-state index contributed by atoms with van der Waals surface area (Å²) in [6.45, 7) is 9.24. The summed E-state index contributed by atoms with van der Waals surface area (Å²) in [7, 11) is 0. The third kappa shape index (κ3) is 2.52. The van der Waals surface area contributed by atoms with Gasteiger partial charge in [-0.15, -0.1) is 0 Å². The third-order valence-corrected chi connectivity index (χ3v) is 9.54. The van der Waals surface area contributed by atoms with Crippen molar-refractivity contribution in [3.63, 3.8) is 0 Å². The van der Waals surface area contributed by atoms with Gasteiger partial charge in [-0.25, -0.2) is 0 Å². The van der Waals surface area contributed by atoms with E-state index >= 15 is 0 Å². The minimum Gasteiger partial charge on any atom is -0.466 e. The standard InChI is InChI=1S/C24H34O4/c1-13(12-27-14(2)25)16-5-6-17-20-18(8-10-23(16,17)3)24(4)9-7-15(26)11-19(24)21-22(20)28-21/h11,13,16-18,20-22H,5-10,12H2,1-4H3/t13-,16-,17?,18?,20?,21?,22-,23-,24-/m1/s1. The van der Waals surface area contributed by atoms with Crippen LogP contribution in [0.4, 0.5) is 0 Å². The molecule has 4 fully saturated rings. The molecule has 4 nitrogen and oxygen atoms in total. The van der Waals surface area contributed by atoms with E-state index in [0.29, 0.717) is 59.9 Å². The first-order valence-electron chi connectivity index (χ1n) is 11.3.